The third-order valence-electron chi connectivity index (χ3n) is 2.95. The number of furan rings is 1. The fraction of sp³-hybridized carbons (Fsp3) is 0.538. The van der Waals surface area contributed by atoms with E-state index in [1.165, 1.54) is 11.8 Å². The maximum absolute atomic E-state index is 11.8. The van der Waals surface area contributed by atoms with Crippen LogP contribution in [-0.4, -0.2) is 40.9 Å². The molecule has 0 aliphatic carbocycles. The van der Waals surface area contributed by atoms with Gasteiger partial charge < -0.3 is 14.6 Å². The van der Waals surface area contributed by atoms with E-state index in [4.69, 9.17) is 4.42 Å². The lowest BCUT2D eigenvalue weighted by molar-refractivity contribution is -0.121. The van der Waals surface area contributed by atoms with Gasteiger partial charge >= 0.3 is 0 Å². The van der Waals surface area contributed by atoms with Crippen LogP contribution in [0.1, 0.15) is 19.1 Å². The lowest BCUT2D eigenvalue weighted by Crippen LogP contribution is -2.36. The fourth-order valence-electron chi connectivity index (χ4n) is 1.99. The van der Waals surface area contributed by atoms with E-state index in [-0.39, 0.29) is 17.2 Å². The van der Waals surface area contributed by atoms with E-state index in [1.807, 2.05) is 19.1 Å². The third kappa shape index (κ3) is 4.31. The van der Waals surface area contributed by atoms with Crippen molar-refractivity contribution in [2.75, 3.05) is 18.8 Å². The van der Waals surface area contributed by atoms with Gasteiger partial charge in [0.05, 0.1) is 6.26 Å². The molecule has 6 heteroatoms. The Labute approximate surface area is 116 Å². The SMILES string of the molecule is CC(Cc1ccco1)NC(=O)CCN1CCSC1=O. The van der Waals surface area contributed by atoms with Crippen molar-refractivity contribution in [3.05, 3.63) is 24.2 Å². The summed E-state index contributed by atoms with van der Waals surface area (Å²) in [5.41, 5.74) is 0. The van der Waals surface area contributed by atoms with E-state index in [0.29, 0.717) is 19.4 Å². The lowest BCUT2D eigenvalue weighted by atomic mass is 10.2. The van der Waals surface area contributed by atoms with Crippen LogP contribution in [-0.2, 0) is 11.2 Å². The van der Waals surface area contributed by atoms with Gasteiger partial charge in [0, 0.05) is 37.7 Å². The minimum atomic E-state index is -0.0243. The summed E-state index contributed by atoms with van der Waals surface area (Å²) in [7, 11) is 0. The molecule has 1 atom stereocenters. The number of carbonyl (C=O) groups excluding carboxylic acids is 2. The first kappa shape index (κ1) is 14.0. The van der Waals surface area contributed by atoms with Crippen molar-refractivity contribution in [2.24, 2.45) is 0 Å². The van der Waals surface area contributed by atoms with Crippen molar-refractivity contribution >= 4 is 22.9 Å². The standard InChI is InChI=1S/C13H18N2O3S/c1-10(9-11-3-2-7-18-11)14-12(16)4-5-15-6-8-19-13(15)17/h2-3,7,10H,4-6,8-9H2,1H3,(H,14,16). The molecule has 1 aliphatic rings. The van der Waals surface area contributed by atoms with E-state index in [1.54, 1.807) is 11.2 Å². The minimum Gasteiger partial charge on any atom is -0.469 e. The molecule has 19 heavy (non-hydrogen) atoms. The normalized spacial score (nSPS) is 16.7. The molecule has 1 fully saturated rings. The van der Waals surface area contributed by atoms with Crippen LogP contribution >= 0.6 is 11.8 Å². The molecule has 1 aromatic rings. The summed E-state index contributed by atoms with van der Waals surface area (Å²) in [5.74, 6) is 1.66. The second kappa shape index (κ2) is 6.65. The summed E-state index contributed by atoms with van der Waals surface area (Å²) < 4.78 is 5.23. The zero-order valence-corrected chi connectivity index (χ0v) is 11.7. The summed E-state index contributed by atoms with van der Waals surface area (Å²) in [5, 5.41) is 2.99. The molecule has 104 valence electrons. The zero-order valence-electron chi connectivity index (χ0n) is 10.9. The van der Waals surface area contributed by atoms with Crippen LogP contribution in [0.2, 0.25) is 0 Å². The van der Waals surface area contributed by atoms with Crippen LogP contribution in [0.25, 0.3) is 0 Å². The number of rotatable bonds is 6. The Kier molecular flexibility index (Phi) is 4.90. The highest BCUT2D eigenvalue weighted by atomic mass is 32.2. The van der Waals surface area contributed by atoms with Crippen molar-refractivity contribution in [3.63, 3.8) is 0 Å². The van der Waals surface area contributed by atoms with E-state index in [9.17, 15) is 9.59 Å². The molecule has 2 amide bonds. The largest absolute Gasteiger partial charge is 0.469 e. The van der Waals surface area contributed by atoms with Crippen molar-refractivity contribution in [1.82, 2.24) is 10.2 Å². The predicted molar refractivity (Wildman–Crippen MR) is 74.1 cm³/mol. The molecule has 5 nitrogen and oxygen atoms in total. The molecule has 0 spiro atoms. The average Bonchev–Trinajstić information content (AvgIpc) is 2.98. The molecule has 0 aromatic carbocycles. The first-order valence-electron chi connectivity index (χ1n) is 6.38. The summed E-state index contributed by atoms with van der Waals surface area (Å²) in [4.78, 5) is 24.8. The van der Waals surface area contributed by atoms with Crippen molar-refractivity contribution in [2.45, 2.75) is 25.8 Å². The highest BCUT2D eigenvalue weighted by Crippen LogP contribution is 2.17. The van der Waals surface area contributed by atoms with E-state index in [0.717, 1.165) is 18.1 Å². The first-order valence-corrected chi connectivity index (χ1v) is 7.37. The molecular formula is C13H18N2O3S. The van der Waals surface area contributed by atoms with Gasteiger partial charge in [-0.25, -0.2) is 0 Å². The van der Waals surface area contributed by atoms with Gasteiger partial charge in [0.1, 0.15) is 5.76 Å². The Balaban J connectivity index is 1.67. The van der Waals surface area contributed by atoms with Gasteiger partial charge in [-0.1, -0.05) is 11.8 Å². The molecule has 1 saturated heterocycles. The van der Waals surface area contributed by atoms with Gasteiger partial charge in [-0.2, -0.15) is 0 Å². The van der Waals surface area contributed by atoms with Gasteiger partial charge in [-0.05, 0) is 19.1 Å². The molecule has 0 radical (unpaired) electrons. The second-order valence-electron chi connectivity index (χ2n) is 4.60. The number of carbonyl (C=O) groups is 2. The maximum Gasteiger partial charge on any atom is 0.281 e. The van der Waals surface area contributed by atoms with Crippen molar-refractivity contribution < 1.29 is 14.0 Å². The molecule has 1 unspecified atom stereocenters. The summed E-state index contributed by atoms with van der Waals surface area (Å²) in [6.07, 6.45) is 2.66. The van der Waals surface area contributed by atoms with Crippen molar-refractivity contribution in [1.29, 1.82) is 0 Å². The summed E-state index contributed by atoms with van der Waals surface area (Å²) in [6, 6.07) is 3.76. The van der Waals surface area contributed by atoms with Crippen LogP contribution in [0.5, 0.6) is 0 Å². The Bertz CT molecular complexity index is 433. The predicted octanol–water partition coefficient (Wildman–Crippen LogP) is 1.89. The Morgan fingerprint density at radius 3 is 3.11 bits per heavy atom. The number of hydrogen-bond donors (Lipinski definition) is 1. The molecule has 1 aromatic heterocycles. The minimum absolute atomic E-state index is 0.0243. The Morgan fingerprint density at radius 2 is 2.47 bits per heavy atom. The maximum atomic E-state index is 11.8. The van der Waals surface area contributed by atoms with Crippen LogP contribution < -0.4 is 5.32 Å². The highest BCUT2D eigenvalue weighted by molar-refractivity contribution is 8.13. The third-order valence-corrected chi connectivity index (χ3v) is 3.84. The van der Waals surface area contributed by atoms with Crippen LogP contribution in [0.15, 0.2) is 22.8 Å². The number of thioether (sulfide) groups is 1. The van der Waals surface area contributed by atoms with Crippen LogP contribution in [0, 0.1) is 0 Å². The average molecular weight is 282 g/mol. The van der Waals surface area contributed by atoms with E-state index >= 15 is 0 Å². The quantitative estimate of drug-likeness (QED) is 0.865. The lowest BCUT2D eigenvalue weighted by Gasteiger charge is -2.16. The topological polar surface area (TPSA) is 62.6 Å². The Hall–Kier alpha value is -1.43. The molecule has 1 aliphatic heterocycles. The first-order chi connectivity index (χ1) is 9.15. The van der Waals surface area contributed by atoms with Crippen LogP contribution in [0.3, 0.4) is 0 Å². The van der Waals surface area contributed by atoms with Gasteiger partial charge in [-0.3, -0.25) is 9.59 Å². The number of nitrogens with one attached hydrogen (secondary N) is 1. The molecule has 1 N–H and O–H groups in total. The van der Waals surface area contributed by atoms with Gasteiger partial charge in [0.2, 0.25) is 5.91 Å². The number of amides is 2. The van der Waals surface area contributed by atoms with Gasteiger partial charge in [-0.15, -0.1) is 0 Å². The van der Waals surface area contributed by atoms with E-state index < -0.39 is 0 Å². The Morgan fingerprint density at radius 1 is 1.63 bits per heavy atom. The van der Waals surface area contributed by atoms with Gasteiger partial charge in [0.15, 0.2) is 0 Å². The molecule has 0 saturated carbocycles. The summed E-state index contributed by atoms with van der Waals surface area (Å²) in [6.45, 7) is 3.20. The smallest absolute Gasteiger partial charge is 0.281 e. The number of hydrogen-bond acceptors (Lipinski definition) is 4. The molecular weight excluding hydrogens is 264 g/mol. The van der Waals surface area contributed by atoms with E-state index in [2.05, 4.69) is 5.32 Å². The molecule has 2 rings (SSSR count). The highest BCUT2D eigenvalue weighted by Gasteiger charge is 2.21. The second-order valence-corrected chi connectivity index (χ2v) is 5.65. The summed E-state index contributed by atoms with van der Waals surface area (Å²) >= 11 is 1.32. The zero-order chi connectivity index (χ0) is 13.7. The van der Waals surface area contributed by atoms with Crippen LogP contribution in [0.4, 0.5) is 4.79 Å². The molecule has 0 bridgehead atoms. The molecule has 2 heterocycles. The van der Waals surface area contributed by atoms with Gasteiger partial charge in [0.25, 0.3) is 5.24 Å². The monoisotopic (exact) mass is 282 g/mol. The number of nitrogens with zero attached hydrogens (tertiary/aromatic N) is 1. The fourth-order valence-corrected chi connectivity index (χ4v) is 2.85. The van der Waals surface area contributed by atoms with Crippen molar-refractivity contribution in [3.8, 4) is 0 Å².